The van der Waals surface area contributed by atoms with E-state index in [1.807, 2.05) is 6.92 Å². The van der Waals surface area contributed by atoms with Crippen LogP contribution in [0.3, 0.4) is 0 Å². The van der Waals surface area contributed by atoms with Crippen LogP contribution >= 0.6 is 0 Å². The smallest absolute Gasteiger partial charge is 0.242 e. The molecule has 0 saturated heterocycles. The molecule has 1 aromatic rings. The van der Waals surface area contributed by atoms with Gasteiger partial charge in [0.15, 0.2) is 11.6 Å². The van der Waals surface area contributed by atoms with Gasteiger partial charge >= 0.3 is 0 Å². The number of sulfonamides is 1. The Balaban J connectivity index is 2.99. The Morgan fingerprint density at radius 2 is 2.00 bits per heavy atom. The highest BCUT2D eigenvalue weighted by Crippen LogP contribution is 2.23. The first-order valence-corrected chi connectivity index (χ1v) is 7.76. The van der Waals surface area contributed by atoms with Crippen LogP contribution in [0.15, 0.2) is 23.1 Å². The van der Waals surface area contributed by atoms with E-state index in [1.165, 1.54) is 23.5 Å². The number of hydrogen-bond donors (Lipinski definition) is 0. The van der Waals surface area contributed by atoms with Crippen LogP contribution in [0.1, 0.15) is 26.7 Å². The van der Waals surface area contributed by atoms with Gasteiger partial charge in [-0.1, -0.05) is 13.3 Å². The summed E-state index contributed by atoms with van der Waals surface area (Å²) in [6, 6.07) is 3.72. The van der Waals surface area contributed by atoms with Crippen molar-refractivity contribution in [3.05, 3.63) is 24.0 Å². The molecule has 1 aromatic carbocycles. The van der Waals surface area contributed by atoms with Crippen LogP contribution in [0, 0.1) is 5.82 Å². The third-order valence-electron chi connectivity index (χ3n) is 2.74. The Morgan fingerprint density at radius 1 is 1.32 bits per heavy atom. The van der Waals surface area contributed by atoms with Crippen LogP contribution in [0.4, 0.5) is 4.39 Å². The third-order valence-corrected chi connectivity index (χ3v) is 4.59. The van der Waals surface area contributed by atoms with Crippen molar-refractivity contribution in [3.63, 3.8) is 0 Å². The van der Waals surface area contributed by atoms with Gasteiger partial charge in [0.2, 0.25) is 10.0 Å². The minimum Gasteiger partial charge on any atom is -0.491 e. The zero-order valence-electron chi connectivity index (χ0n) is 11.5. The monoisotopic (exact) mass is 289 g/mol. The van der Waals surface area contributed by atoms with E-state index in [2.05, 4.69) is 0 Å². The maximum atomic E-state index is 13.7. The van der Waals surface area contributed by atoms with E-state index in [4.69, 9.17) is 4.74 Å². The third kappa shape index (κ3) is 3.91. The fourth-order valence-corrected chi connectivity index (χ4v) is 2.82. The highest BCUT2D eigenvalue weighted by molar-refractivity contribution is 7.89. The lowest BCUT2D eigenvalue weighted by molar-refractivity contribution is 0.321. The molecule has 108 valence electrons. The summed E-state index contributed by atoms with van der Waals surface area (Å²) in [6.45, 7) is 4.48. The van der Waals surface area contributed by atoms with Crippen molar-refractivity contribution in [2.45, 2.75) is 31.6 Å². The Kier molecular flexibility index (Phi) is 5.75. The van der Waals surface area contributed by atoms with Gasteiger partial charge in [-0.2, -0.15) is 0 Å². The van der Waals surface area contributed by atoms with Gasteiger partial charge in [-0.15, -0.1) is 0 Å². The van der Waals surface area contributed by atoms with Crippen molar-refractivity contribution in [3.8, 4) is 5.75 Å². The van der Waals surface area contributed by atoms with E-state index in [0.717, 1.165) is 18.9 Å². The molecule has 0 atom stereocenters. The van der Waals surface area contributed by atoms with E-state index in [9.17, 15) is 12.8 Å². The zero-order chi connectivity index (χ0) is 14.5. The second-order valence-corrected chi connectivity index (χ2v) is 6.25. The van der Waals surface area contributed by atoms with E-state index in [1.54, 1.807) is 6.92 Å². The summed E-state index contributed by atoms with van der Waals surface area (Å²) in [6.07, 6.45) is 1.67. The molecule has 0 amide bonds. The number of unbranched alkanes of at least 4 members (excludes halogenated alkanes) is 1. The van der Waals surface area contributed by atoms with Crippen molar-refractivity contribution in [2.75, 3.05) is 20.2 Å². The van der Waals surface area contributed by atoms with Gasteiger partial charge in [0.1, 0.15) is 0 Å². The molecule has 1 rings (SSSR count). The molecular weight excluding hydrogens is 269 g/mol. The lowest BCUT2D eigenvalue weighted by Crippen LogP contribution is -2.28. The van der Waals surface area contributed by atoms with Gasteiger partial charge < -0.3 is 4.74 Å². The highest BCUT2D eigenvalue weighted by Gasteiger charge is 2.21. The summed E-state index contributed by atoms with van der Waals surface area (Å²) in [7, 11) is -2.13. The van der Waals surface area contributed by atoms with Crippen LogP contribution in [-0.4, -0.2) is 32.9 Å². The molecule has 0 aliphatic rings. The van der Waals surface area contributed by atoms with Gasteiger partial charge in [-0.25, -0.2) is 17.1 Å². The molecule has 0 spiro atoms. The minimum absolute atomic E-state index is 0.0490. The number of halogens is 1. The number of nitrogens with zero attached hydrogens (tertiary/aromatic N) is 1. The highest BCUT2D eigenvalue weighted by atomic mass is 32.2. The molecule has 0 N–H and O–H groups in total. The van der Waals surface area contributed by atoms with Gasteiger partial charge in [0, 0.05) is 13.6 Å². The summed E-state index contributed by atoms with van der Waals surface area (Å²) in [5.74, 6) is -0.593. The largest absolute Gasteiger partial charge is 0.491 e. The lowest BCUT2D eigenvalue weighted by atomic mass is 10.3. The average molecular weight is 289 g/mol. The summed E-state index contributed by atoms with van der Waals surface area (Å²) in [4.78, 5) is -0.0490. The SMILES string of the molecule is CCCCN(C)S(=O)(=O)c1ccc(OCC)c(F)c1. The predicted octanol–water partition coefficient (Wildman–Crippen LogP) is 2.65. The maximum Gasteiger partial charge on any atom is 0.242 e. The van der Waals surface area contributed by atoms with Crippen LogP contribution in [-0.2, 0) is 10.0 Å². The molecule has 0 fully saturated rings. The second kappa shape index (κ2) is 6.86. The van der Waals surface area contributed by atoms with Crippen LogP contribution in [0.2, 0.25) is 0 Å². The van der Waals surface area contributed by atoms with Crippen molar-refractivity contribution in [1.29, 1.82) is 0 Å². The summed E-state index contributed by atoms with van der Waals surface area (Å²) >= 11 is 0. The molecule has 0 unspecified atom stereocenters. The fraction of sp³-hybridized carbons (Fsp3) is 0.538. The van der Waals surface area contributed by atoms with E-state index in [0.29, 0.717) is 13.2 Å². The van der Waals surface area contributed by atoms with Crippen molar-refractivity contribution < 1.29 is 17.5 Å². The molecule has 0 heterocycles. The average Bonchev–Trinajstić information content (AvgIpc) is 2.38. The Labute approximate surface area is 114 Å². The molecule has 0 aliphatic carbocycles. The van der Waals surface area contributed by atoms with Crippen LogP contribution < -0.4 is 4.74 Å². The zero-order valence-corrected chi connectivity index (χ0v) is 12.3. The molecule has 0 aliphatic heterocycles. The quantitative estimate of drug-likeness (QED) is 0.775. The Hall–Kier alpha value is -1.14. The summed E-state index contributed by atoms with van der Waals surface area (Å²) in [5.41, 5.74) is 0. The topological polar surface area (TPSA) is 46.6 Å². The lowest BCUT2D eigenvalue weighted by Gasteiger charge is -2.17. The first kappa shape index (κ1) is 15.9. The number of rotatable bonds is 7. The number of benzene rings is 1. The first-order chi connectivity index (χ1) is 8.93. The van der Waals surface area contributed by atoms with E-state index >= 15 is 0 Å². The number of ether oxygens (including phenoxy) is 1. The Bertz CT molecular complexity index is 517. The second-order valence-electron chi connectivity index (χ2n) is 4.21. The maximum absolute atomic E-state index is 13.7. The fourth-order valence-electron chi connectivity index (χ4n) is 1.60. The van der Waals surface area contributed by atoms with Gasteiger partial charge in [0.25, 0.3) is 0 Å². The predicted molar refractivity (Wildman–Crippen MR) is 72.3 cm³/mol. The molecule has 0 bridgehead atoms. The molecular formula is C13H20FNO3S. The first-order valence-electron chi connectivity index (χ1n) is 6.32. The Morgan fingerprint density at radius 3 is 2.53 bits per heavy atom. The minimum atomic E-state index is -3.63. The van der Waals surface area contributed by atoms with Crippen LogP contribution in [0.25, 0.3) is 0 Å². The molecule has 0 aromatic heterocycles. The van der Waals surface area contributed by atoms with Crippen LogP contribution in [0.5, 0.6) is 5.75 Å². The van der Waals surface area contributed by atoms with Crippen molar-refractivity contribution >= 4 is 10.0 Å². The van der Waals surface area contributed by atoms with Gasteiger partial charge in [0.05, 0.1) is 11.5 Å². The van der Waals surface area contributed by atoms with Crippen molar-refractivity contribution in [2.24, 2.45) is 0 Å². The number of hydrogen-bond acceptors (Lipinski definition) is 3. The normalized spacial score (nSPS) is 11.8. The molecule has 0 saturated carbocycles. The van der Waals surface area contributed by atoms with Crippen molar-refractivity contribution in [1.82, 2.24) is 4.31 Å². The van der Waals surface area contributed by atoms with E-state index < -0.39 is 15.8 Å². The van der Waals surface area contributed by atoms with E-state index in [-0.39, 0.29) is 10.6 Å². The molecule has 6 heteroatoms. The van der Waals surface area contributed by atoms with Gasteiger partial charge in [-0.05, 0) is 31.5 Å². The van der Waals surface area contributed by atoms with Gasteiger partial charge in [-0.3, -0.25) is 0 Å². The molecule has 4 nitrogen and oxygen atoms in total. The summed E-state index contributed by atoms with van der Waals surface area (Å²) < 4.78 is 44.3. The standard InChI is InChI=1S/C13H20FNO3S/c1-4-6-9-15(3)19(16,17)11-7-8-13(18-5-2)12(14)10-11/h7-8,10H,4-6,9H2,1-3H3. The molecule has 19 heavy (non-hydrogen) atoms. The molecule has 0 radical (unpaired) electrons. The summed E-state index contributed by atoms with van der Waals surface area (Å²) in [5, 5.41) is 0.